The van der Waals surface area contributed by atoms with Gasteiger partial charge in [0.25, 0.3) is 0 Å². The fraction of sp³-hybridized carbons (Fsp3) is 0.222. The Bertz CT molecular complexity index is 751. The molecule has 0 aliphatic heterocycles. The van der Waals surface area contributed by atoms with Crippen molar-refractivity contribution in [3.63, 3.8) is 0 Å². The highest BCUT2D eigenvalue weighted by molar-refractivity contribution is 5.89. The average Bonchev–Trinajstić information content (AvgIpc) is 2.56. The first kappa shape index (κ1) is 18.3. The first-order valence-electron chi connectivity index (χ1n) is 7.82. The number of hydrogen-bond donors (Lipinski definition) is 1. The van der Waals surface area contributed by atoms with E-state index >= 15 is 0 Å². The van der Waals surface area contributed by atoms with Gasteiger partial charge in [-0.2, -0.15) is 0 Å². The van der Waals surface area contributed by atoms with Gasteiger partial charge in [-0.15, -0.1) is 0 Å². The molecule has 0 saturated carbocycles. The fourth-order valence-electron chi connectivity index (χ4n) is 2.14. The number of hydrogen-bond acceptors (Lipinski definition) is 4. The number of carbonyl (C=O) groups is 2. The third-order valence-electron chi connectivity index (χ3n) is 3.22. The van der Waals surface area contributed by atoms with E-state index in [1.54, 1.807) is 38.1 Å². The highest BCUT2D eigenvalue weighted by Crippen LogP contribution is 2.21. The lowest BCUT2D eigenvalue weighted by Crippen LogP contribution is -2.33. The topological polar surface area (TPSA) is 67.9 Å². The largest absolute Gasteiger partial charge is 0.450 e. The van der Waals surface area contributed by atoms with E-state index in [-0.39, 0.29) is 12.4 Å². The minimum atomic E-state index is -0.651. The van der Waals surface area contributed by atoms with Crippen molar-refractivity contribution in [1.29, 1.82) is 0 Å². The summed E-state index contributed by atoms with van der Waals surface area (Å²) in [5.41, 5.74) is 0.825. The van der Waals surface area contributed by atoms with Crippen LogP contribution in [0.15, 0.2) is 48.5 Å². The zero-order valence-corrected chi connectivity index (χ0v) is 14.0. The first-order valence-corrected chi connectivity index (χ1v) is 7.82. The van der Waals surface area contributed by atoms with E-state index in [4.69, 9.17) is 9.47 Å². The second-order valence-corrected chi connectivity index (χ2v) is 4.97. The molecule has 1 N–H and O–H groups in total. The van der Waals surface area contributed by atoms with Crippen LogP contribution in [-0.4, -0.2) is 25.3 Å². The maximum absolute atomic E-state index is 13.4. The number of benzene rings is 2. The Balaban J connectivity index is 2.09. The SMILES string of the molecule is CCOC(=O)Nc1cccc(OC(=O)N(CC)c2cccc(F)c2)c1. The van der Waals surface area contributed by atoms with E-state index in [9.17, 15) is 14.0 Å². The molecule has 0 fully saturated rings. The molecule has 0 aliphatic rings. The minimum absolute atomic E-state index is 0.245. The van der Waals surface area contributed by atoms with Gasteiger partial charge in [0.05, 0.1) is 6.61 Å². The lowest BCUT2D eigenvalue weighted by Gasteiger charge is -2.20. The summed E-state index contributed by atoms with van der Waals surface area (Å²) in [6, 6.07) is 12.0. The van der Waals surface area contributed by atoms with Crippen LogP contribution < -0.4 is 15.0 Å². The van der Waals surface area contributed by atoms with Gasteiger partial charge in [0.15, 0.2) is 0 Å². The normalized spacial score (nSPS) is 10.0. The first-order chi connectivity index (χ1) is 12.0. The lowest BCUT2D eigenvalue weighted by molar-refractivity contribution is 0.168. The number of carbonyl (C=O) groups excluding carboxylic acids is 2. The number of rotatable bonds is 5. The molecule has 7 heteroatoms. The Morgan fingerprint density at radius 1 is 1.12 bits per heavy atom. The van der Waals surface area contributed by atoms with E-state index in [1.807, 2.05) is 0 Å². The fourth-order valence-corrected chi connectivity index (χ4v) is 2.14. The predicted octanol–water partition coefficient (Wildman–Crippen LogP) is 4.42. The highest BCUT2D eigenvalue weighted by atomic mass is 19.1. The molecule has 6 nitrogen and oxygen atoms in total. The van der Waals surface area contributed by atoms with Crippen LogP contribution >= 0.6 is 0 Å². The van der Waals surface area contributed by atoms with Crippen molar-refractivity contribution >= 4 is 23.6 Å². The van der Waals surface area contributed by atoms with E-state index < -0.39 is 18.0 Å². The van der Waals surface area contributed by atoms with Gasteiger partial charge in [-0.3, -0.25) is 10.2 Å². The molecule has 0 unspecified atom stereocenters. The van der Waals surface area contributed by atoms with Crippen LogP contribution in [0.25, 0.3) is 0 Å². The van der Waals surface area contributed by atoms with Crippen LogP contribution in [0.4, 0.5) is 25.4 Å². The summed E-state index contributed by atoms with van der Waals surface area (Å²) >= 11 is 0. The lowest BCUT2D eigenvalue weighted by atomic mass is 10.3. The van der Waals surface area contributed by atoms with Gasteiger partial charge < -0.3 is 9.47 Å². The Morgan fingerprint density at radius 3 is 2.56 bits per heavy atom. The van der Waals surface area contributed by atoms with Gasteiger partial charge in [0.2, 0.25) is 0 Å². The number of nitrogens with one attached hydrogen (secondary N) is 1. The molecule has 0 saturated heterocycles. The summed E-state index contributed by atoms with van der Waals surface area (Å²) in [6.45, 7) is 4.01. The highest BCUT2D eigenvalue weighted by Gasteiger charge is 2.17. The molecule has 0 aromatic heterocycles. The molecule has 0 bridgehead atoms. The standard InChI is InChI=1S/C18H19FN2O4/c1-3-21(15-9-5-7-13(19)11-15)18(23)25-16-10-6-8-14(12-16)20-17(22)24-4-2/h5-12H,3-4H2,1-2H3,(H,20,22). The Labute approximate surface area is 145 Å². The zero-order valence-electron chi connectivity index (χ0n) is 14.0. The molecular weight excluding hydrogens is 327 g/mol. The van der Waals surface area contributed by atoms with Gasteiger partial charge in [-0.1, -0.05) is 12.1 Å². The van der Waals surface area contributed by atoms with Gasteiger partial charge in [-0.25, -0.2) is 14.0 Å². The van der Waals surface area contributed by atoms with Gasteiger partial charge in [-0.05, 0) is 44.2 Å². The summed E-state index contributed by atoms with van der Waals surface area (Å²) in [4.78, 5) is 25.1. The van der Waals surface area contributed by atoms with Crippen LogP contribution in [0.3, 0.4) is 0 Å². The van der Waals surface area contributed by atoms with Gasteiger partial charge in [0.1, 0.15) is 11.6 Å². The molecule has 0 spiro atoms. The maximum Gasteiger partial charge on any atom is 0.419 e. The summed E-state index contributed by atoms with van der Waals surface area (Å²) < 4.78 is 23.5. The molecular formula is C18H19FN2O4. The van der Waals surface area contributed by atoms with Crippen LogP contribution in [0.2, 0.25) is 0 Å². The van der Waals surface area contributed by atoms with Crippen molar-refractivity contribution in [1.82, 2.24) is 0 Å². The molecule has 0 radical (unpaired) electrons. The smallest absolute Gasteiger partial charge is 0.419 e. The van der Waals surface area contributed by atoms with Crippen molar-refractivity contribution in [3.05, 3.63) is 54.3 Å². The van der Waals surface area contributed by atoms with E-state index in [1.165, 1.54) is 29.2 Å². The van der Waals surface area contributed by atoms with E-state index in [0.29, 0.717) is 17.9 Å². The molecule has 0 atom stereocenters. The zero-order chi connectivity index (χ0) is 18.2. The summed E-state index contributed by atoms with van der Waals surface area (Å²) in [7, 11) is 0. The molecule has 2 aromatic rings. The Morgan fingerprint density at radius 2 is 1.88 bits per heavy atom. The number of nitrogens with zero attached hydrogens (tertiary/aromatic N) is 1. The third-order valence-corrected chi connectivity index (χ3v) is 3.22. The Hall–Kier alpha value is -3.09. The second-order valence-electron chi connectivity index (χ2n) is 4.97. The van der Waals surface area contributed by atoms with Crippen molar-refractivity contribution in [2.24, 2.45) is 0 Å². The molecule has 2 rings (SSSR count). The molecule has 0 aliphatic carbocycles. The molecule has 0 heterocycles. The molecule has 25 heavy (non-hydrogen) atoms. The molecule has 2 amide bonds. The predicted molar refractivity (Wildman–Crippen MR) is 92.5 cm³/mol. The summed E-state index contributed by atoms with van der Waals surface area (Å²) in [6.07, 6.45) is -1.25. The molecule has 2 aromatic carbocycles. The summed E-state index contributed by atoms with van der Waals surface area (Å²) in [5, 5.41) is 2.52. The van der Waals surface area contributed by atoms with Crippen molar-refractivity contribution in [3.8, 4) is 5.75 Å². The van der Waals surface area contributed by atoms with Crippen molar-refractivity contribution < 1.29 is 23.5 Å². The van der Waals surface area contributed by atoms with E-state index in [2.05, 4.69) is 5.32 Å². The third kappa shape index (κ3) is 5.20. The van der Waals surface area contributed by atoms with E-state index in [0.717, 1.165) is 0 Å². The molecule has 132 valence electrons. The quantitative estimate of drug-likeness (QED) is 0.870. The second kappa shape index (κ2) is 8.68. The van der Waals surface area contributed by atoms with Crippen LogP contribution in [0.1, 0.15) is 13.8 Å². The van der Waals surface area contributed by atoms with Crippen molar-refractivity contribution in [2.75, 3.05) is 23.4 Å². The number of anilines is 2. The van der Waals surface area contributed by atoms with Gasteiger partial charge >= 0.3 is 12.2 Å². The monoisotopic (exact) mass is 346 g/mol. The maximum atomic E-state index is 13.4. The van der Waals surface area contributed by atoms with Crippen LogP contribution in [-0.2, 0) is 4.74 Å². The van der Waals surface area contributed by atoms with Crippen molar-refractivity contribution in [2.45, 2.75) is 13.8 Å². The number of halogens is 1. The minimum Gasteiger partial charge on any atom is -0.450 e. The number of ether oxygens (including phenoxy) is 2. The number of amides is 2. The summed E-state index contributed by atoms with van der Waals surface area (Å²) in [5.74, 6) is -0.196. The average molecular weight is 346 g/mol. The van der Waals surface area contributed by atoms with Gasteiger partial charge in [0, 0.05) is 24.0 Å². The Kier molecular flexibility index (Phi) is 6.33. The van der Waals surface area contributed by atoms with Crippen LogP contribution in [0.5, 0.6) is 5.75 Å². The van der Waals surface area contributed by atoms with Crippen LogP contribution in [0, 0.1) is 5.82 Å².